The van der Waals surface area contributed by atoms with Crippen LogP contribution in [0.15, 0.2) is 29.3 Å². The van der Waals surface area contributed by atoms with Crippen LogP contribution in [-0.4, -0.2) is 31.4 Å². The fraction of sp³-hybridized carbons (Fsp3) is 0.500. The molecular weight excluding hydrogens is 278 g/mol. The number of carbonyl (C=O) groups excluding carboxylic acids is 2. The van der Waals surface area contributed by atoms with E-state index in [-0.39, 0.29) is 17.5 Å². The predicted octanol–water partition coefficient (Wildman–Crippen LogP) is 3.05. The molecule has 0 unspecified atom stereocenters. The summed E-state index contributed by atoms with van der Waals surface area (Å²) in [7, 11) is 1.61. The van der Waals surface area contributed by atoms with Gasteiger partial charge in [0.1, 0.15) is 23.2 Å². The van der Waals surface area contributed by atoms with Crippen LogP contribution < -0.4 is 4.74 Å². The lowest BCUT2D eigenvalue weighted by molar-refractivity contribution is -0.133. The summed E-state index contributed by atoms with van der Waals surface area (Å²) in [6.07, 6.45) is 2.35. The zero-order valence-electron chi connectivity index (χ0n) is 13.4. The Morgan fingerprint density at radius 2 is 1.77 bits per heavy atom. The lowest BCUT2D eigenvalue weighted by Gasteiger charge is -2.24. The van der Waals surface area contributed by atoms with Gasteiger partial charge in [0.25, 0.3) is 0 Å². The van der Waals surface area contributed by atoms with Gasteiger partial charge in [-0.2, -0.15) is 0 Å². The Balaban J connectivity index is 2.04. The second kappa shape index (κ2) is 7.34. The average Bonchev–Trinajstić information content (AvgIpc) is 2.49. The van der Waals surface area contributed by atoms with Gasteiger partial charge in [-0.3, -0.25) is 14.6 Å². The first-order valence-electron chi connectivity index (χ1n) is 7.70. The molecule has 1 saturated carbocycles. The second-order valence-electron chi connectivity index (χ2n) is 6.20. The van der Waals surface area contributed by atoms with Crippen molar-refractivity contribution in [2.24, 2.45) is 16.8 Å². The number of hydrogen-bond acceptors (Lipinski definition) is 4. The molecule has 1 aromatic carbocycles. The molecule has 118 valence electrons. The molecule has 1 aliphatic rings. The van der Waals surface area contributed by atoms with E-state index in [9.17, 15) is 9.59 Å². The van der Waals surface area contributed by atoms with E-state index in [2.05, 4.69) is 18.8 Å². The normalized spacial score (nSPS) is 22.5. The third-order valence-corrected chi connectivity index (χ3v) is 3.90. The van der Waals surface area contributed by atoms with Crippen molar-refractivity contribution < 1.29 is 14.3 Å². The van der Waals surface area contributed by atoms with E-state index in [1.165, 1.54) is 0 Å². The van der Waals surface area contributed by atoms with Crippen molar-refractivity contribution in [2.75, 3.05) is 13.7 Å². The van der Waals surface area contributed by atoms with Crippen LogP contribution in [-0.2, 0) is 9.59 Å². The Bertz CT molecular complexity index is 542. The number of ketones is 2. The molecule has 0 N–H and O–H groups in total. The van der Waals surface area contributed by atoms with Crippen LogP contribution in [0.3, 0.4) is 0 Å². The Kier molecular flexibility index (Phi) is 5.47. The second-order valence-corrected chi connectivity index (χ2v) is 6.20. The van der Waals surface area contributed by atoms with E-state index < -0.39 is 5.92 Å². The van der Waals surface area contributed by atoms with Gasteiger partial charge in [-0.25, -0.2) is 0 Å². The molecular formula is C18H23NO3. The topological polar surface area (TPSA) is 55.7 Å². The van der Waals surface area contributed by atoms with Gasteiger partial charge in [0.15, 0.2) is 0 Å². The average molecular weight is 301 g/mol. The van der Waals surface area contributed by atoms with Gasteiger partial charge in [-0.15, -0.1) is 0 Å². The fourth-order valence-electron chi connectivity index (χ4n) is 2.65. The van der Waals surface area contributed by atoms with Crippen molar-refractivity contribution >= 4 is 17.8 Å². The summed E-state index contributed by atoms with van der Waals surface area (Å²) in [4.78, 5) is 28.7. The molecule has 4 nitrogen and oxygen atoms in total. The van der Waals surface area contributed by atoms with Crippen LogP contribution in [0.1, 0.15) is 38.2 Å². The molecule has 0 bridgehead atoms. The Morgan fingerprint density at radius 3 is 2.27 bits per heavy atom. The number of carbonyl (C=O) groups is 2. The molecule has 0 spiro atoms. The standard InChI is InChI=1S/C18H23NO3/c1-12(2)10-19-11-16-17(20)8-14(9-18(16)21)13-4-6-15(22-3)7-5-13/h4-7,11-12,14,16H,8-10H2,1-3H3. The van der Waals surface area contributed by atoms with Gasteiger partial charge in [0.2, 0.25) is 0 Å². The van der Waals surface area contributed by atoms with Crippen LogP contribution in [0.5, 0.6) is 5.75 Å². The van der Waals surface area contributed by atoms with E-state index >= 15 is 0 Å². The van der Waals surface area contributed by atoms with E-state index in [4.69, 9.17) is 4.74 Å². The van der Waals surface area contributed by atoms with Crippen LogP contribution in [0, 0.1) is 11.8 Å². The zero-order chi connectivity index (χ0) is 16.1. The molecule has 0 radical (unpaired) electrons. The fourth-order valence-corrected chi connectivity index (χ4v) is 2.65. The number of ether oxygens (including phenoxy) is 1. The number of nitrogens with zero attached hydrogens (tertiary/aromatic N) is 1. The molecule has 4 heteroatoms. The highest BCUT2D eigenvalue weighted by Crippen LogP contribution is 2.32. The Morgan fingerprint density at radius 1 is 1.18 bits per heavy atom. The number of rotatable bonds is 5. The molecule has 0 aliphatic heterocycles. The summed E-state index contributed by atoms with van der Waals surface area (Å²) in [6.45, 7) is 4.77. The first-order chi connectivity index (χ1) is 10.5. The van der Waals surface area contributed by atoms with Crippen molar-refractivity contribution in [3.8, 4) is 5.75 Å². The maximum absolute atomic E-state index is 12.3. The van der Waals surface area contributed by atoms with Crippen LogP contribution in [0.4, 0.5) is 0 Å². The summed E-state index contributed by atoms with van der Waals surface area (Å²) in [5.41, 5.74) is 1.01. The van der Waals surface area contributed by atoms with Crippen molar-refractivity contribution in [1.82, 2.24) is 0 Å². The summed E-state index contributed by atoms with van der Waals surface area (Å²) < 4.78 is 5.13. The number of methoxy groups -OCH3 is 1. The minimum Gasteiger partial charge on any atom is -0.497 e. The molecule has 2 rings (SSSR count). The monoisotopic (exact) mass is 301 g/mol. The summed E-state index contributed by atoms with van der Waals surface area (Å²) in [5, 5.41) is 0. The molecule has 0 amide bonds. The predicted molar refractivity (Wildman–Crippen MR) is 86.7 cm³/mol. The number of aliphatic imine (C=N–C) groups is 1. The summed E-state index contributed by atoms with van der Waals surface area (Å²) in [6, 6.07) is 7.58. The molecule has 0 aromatic heterocycles. The molecule has 0 atom stereocenters. The van der Waals surface area contributed by atoms with E-state index in [1.807, 2.05) is 24.3 Å². The minimum atomic E-state index is -0.645. The first kappa shape index (κ1) is 16.4. The van der Waals surface area contributed by atoms with E-state index in [0.717, 1.165) is 11.3 Å². The van der Waals surface area contributed by atoms with Gasteiger partial charge in [-0.1, -0.05) is 26.0 Å². The third-order valence-electron chi connectivity index (χ3n) is 3.90. The summed E-state index contributed by atoms with van der Waals surface area (Å²) >= 11 is 0. The van der Waals surface area contributed by atoms with Crippen LogP contribution in [0.2, 0.25) is 0 Å². The lowest BCUT2D eigenvalue weighted by Crippen LogP contribution is -2.33. The van der Waals surface area contributed by atoms with Gasteiger partial charge in [-0.05, 0) is 29.5 Å². The quantitative estimate of drug-likeness (QED) is 0.620. The smallest absolute Gasteiger partial charge is 0.149 e. The van der Waals surface area contributed by atoms with Gasteiger partial charge >= 0.3 is 0 Å². The van der Waals surface area contributed by atoms with Gasteiger partial charge in [0.05, 0.1) is 7.11 Å². The number of Topliss-reactive ketones (excluding diaryl/α,β-unsaturated/α-hetero) is 2. The van der Waals surface area contributed by atoms with E-state index in [1.54, 1.807) is 13.3 Å². The van der Waals surface area contributed by atoms with Gasteiger partial charge < -0.3 is 4.74 Å². The van der Waals surface area contributed by atoms with Crippen molar-refractivity contribution in [2.45, 2.75) is 32.6 Å². The highest BCUT2D eigenvalue weighted by molar-refractivity contribution is 6.16. The zero-order valence-corrected chi connectivity index (χ0v) is 13.4. The SMILES string of the molecule is COc1ccc(C2CC(=O)C(C=NCC(C)C)C(=O)C2)cc1. The maximum Gasteiger partial charge on any atom is 0.149 e. The first-order valence-corrected chi connectivity index (χ1v) is 7.70. The molecule has 22 heavy (non-hydrogen) atoms. The number of benzene rings is 1. The lowest BCUT2D eigenvalue weighted by atomic mass is 9.77. The Labute approximate surface area is 131 Å². The molecule has 0 saturated heterocycles. The van der Waals surface area contributed by atoms with E-state index in [0.29, 0.717) is 25.3 Å². The van der Waals surface area contributed by atoms with Crippen molar-refractivity contribution in [1.29, 1.82) is 0 Å². The van der Waals surface area contributed by atoms with Crippen molar-refractivity contribution in [3.05, 3.63) is 29.8 Å². The molecule has 0 heterocycles. The highest BCUT2D eigenvalue weighted by Gasteiger charge is 2.34. The maximum atomic E-state index is 12.3. The van der Waals surface area contributed by atoms with Gasteiger partial charge in [0, 0.05) is 25.6 Å². The number of hydrogen-bond donors (Lipinski definition) is 0. The summed E-state index contributed by atoms with van der Waals surface area (Å²) in [5.74, 6) is 0.482. The molecule has 1 aromatic rings. The highest BCUT2D eigenvalue weighted by atomic mass is 16.5. The van der Waals surface area contributed by atoms with Crippen molar-refractivity contribution in [3.63, 3.8) is 0 Å². The Hall–Kier alpha value is -1.97. The molecule has 1 fully saturated rings. The van der Waals surface area contributed by atoms with Crippen LogP contribution >= 0.6 is 0 Å². The minimum absolute atomic E-state index is 0.0235. The third kappa shape index (κ3) is 4.03. The van der Waals surface area contributed by atoms with Crippen LogP contribution in [0.25, 0.3) is 0 Å². The molecule has 1 aliphatic carbocycles. The largest absolute Gasteiger partial charge is 0.497 e.